The van der Waals surface area contributed by atoms with Crippen molar-refractivity contribution in [2.24, 2.45) is 4.99 Å². The molecule has 0 atom stereocenters. The van der Waals surface area contributed by atoms with Crippen molar-refractivity contribution in [3.05, 3.63) is 64.9 Å². The molecule has 0 aliphatic carbocycles. The summed E-state index contributed by atoms with van der Waals surface area (Å²) in [7, 11) is 1.40. The van der Waals surface area contributed by atoms with Crippen LogP contribution in [-0.2, 0) is 20.9 Å². The van der Waals surface area contributed by atoms with Crippen molar-refractivity contribution in [1.29, 1.82) is 0 Å². The Hall–Kier alpha value is -2.99. The van der Waals surface area contributed by atoms with Gasteiger partial charge in [-0.15, -0.1) is 0 Å². The predicted octanol–water partition coefficient (Wildman–Crippen LogP) is 4.05. The fourth-order valence-electron chi connectivity index (χ4n) is 2.50. The van der Waals surface area contributed by atoms with Gasteiger partial charge in [0.25, 0.3) is 0 Å². The van der Waals surface area contributed by atoms with Gasteiger partial charge in [0.2, 0.25) is 5.90 Å². The first-order valence-corrected chi connectivity index (χ1v) is 8.13. The minimum atomic E-state index is -1.08. The van der Waals surface area contributed by atoms with Crippen LogP contribution in [0.2, 0.25) is 5.02 Å². The van der Waals surface area contributed by atoms with Gasteiger partial charge in [0, 0.05) is 5.02 Å². The molecule has 7 heteroatoms. The van der Waals surface area contributed by atoms with E-state index in [1.54, 1.807) is 36.4 Å². The lowest BCUT2D eigenvalue weighted by atomic mass is 10.0. The molecule has 26 heavy (non-hydrogen) atoms. The Bertz CT molecular complexity index is 891. The van der Waals surface area contributed by atoms with Crippen LogP contribution in [-0.4, -0.2) is 30.7 Å². The van der Waals surface area contributed by atoms with Gasteiger partial charge in [-0.25, -0.2) is 9.79 Å². The topological polar surface area (TPSA) is 77.4 Å². The first kappa shape index (κ1) is 17.8. The van der Waals surface area contributed by atoms with Crippen LogP contribution in [0.25, 0.3) is 5.57 Å². The van der Waals surface area contributed by atoms with Gasteiger partial charge in [0.15, 0.2) is 6.61 Å². The molecule has 1 aliphatic rings. The van der Waals surface area contributed by atoms with Gasteiger partial charge in [-0.3, -0.25) is 0 Å². The van der Waals surface area contributed by atoms with Crippen LogP contribution in [0.4, 0.5) is 5.69 Å². The molecule has 6 nitrogen and oxygen atoms in total. The van der Waals surface area contributed by atoms with Crippen molar-refractivity contribution in [2.75, 3.05) is 13.7 Å². The molecule has 0 bridgehead atoms. The zero-order valence-corrected chi connectivity index (χ0v) is 14.7. The lowest BCUT2D eigenvalue weighted by Gasteiger charge is -2.18. The molecule has 134 valence electrons. The van der Waals surface area contributed by atoms with E-state index in [9.17, 15) is 9.90 Å². The summed E-state index contributed by atoms with van der Waals surface area (Å²) < 4.78 is 16.2. The molecule has 0 fully saturated rings. The highest BCUT2D eigenvalue weighted by molar-refractivity contribution is 6.30. The second-order valence-corrected chi connectivity index (χ2v) is 5.86. The summed E-state index contributed by atoms with van der Waals surface area (Å²) in [5, 5.41) is 9.94. The van der Waals surface area contributed by atoms with Crippen LogP contribution in [0.1, 0.15) is 11.1 Å². The standard InChI is InChI=1S/C19H16ClNO5/c1-24-10-15(19(22)23)14-5-3-2-4-12(14)9-26-18-11-25-17-7-6-13(20)8-16(17)21-18/h2-8,10H,9,11H2,1H3,(H,22,23). The number of halogens is 1. The molecule has 0 radical (unpaired) electrons. The normalized spacial score (nSPS) is 13.3. The monoisotopic (exact) mass is 373 g/mol. The van der Waals surface area contributed by atoms with Crippen LogP contribution in [0, 0.1) is 0 Å². The second-order valence-electron chi connectivity index (χ2n) is 5.42. The minimum absolute atomic E-state index is 0.0469. The van der Waals surface area contributed by atoms with Crippen LogP contribution < -0.4 is 4.74 Å². The van der Waals surface area contributed by atoms with E-state index < -0.39 is 5.97 Å². The fourth-order valence-corrected chi connectivity index (χ4v) is 2.66. The molecule has 2 aromatic carbocycles. The predicted molar refractivity (Wildman–Crippen MR) is 97.9 cm³/mol. The Morgan fingerprint density at radius 1 is 1.35 bits per heavy atom. The highest BCUT2D eigenvalue weighted by atomic mass is 35.5. The first-order chi connectivity index (χ1) is 12.6. The van der Waals surface area contributed by atoms with Crippen LogP contribution >= 0.6 is 11.6 Å². The van der Waals surface area contributed by atoms with Gasteiger partial charge >= 0.3 is 5.97 Å². The molecule has 1 aliphatic heterocycles. The fraction of sp³-hybridized carbons (Fsp3) is 0.158. The number of nitrogens with zero attached hydrogens (tertiary/aromatic N) is 1. The maximum Gasteiger partial charge on any atom is 0.339 e. The van der Waals surface area contributed by atoms with Crippen molar-refractivity contribution in [3.8, 4) is 5.75 Å². The van der Waals surface area contributed by atoms with E-state index >= 15 is 0 Å². The Kier molecular flexibility index (Phi) is 5.43. The lowest BCUT2D eigenvalue weighted by Crippen LogP contribution is -2.18. The van der Waals surface area contributed by atoms with E-state index in [1.807, 2.05) is 6.07 Å². The summed E-state index contributed by atoms with van der Waals surface area (Å²) >= 11 is 5.97. The summed E-state index contributed by atoms with van der Waals surface area (Å²) in [5.41, 5.74) is 1.85. The maximum absolute atomic E-state index is 11.5. The van der Waals surface area contributed by atoms with Crippen molar-refractivity contribution >= 4 is 34.7 Å². The molecule has 0 spiro atoms. The number of rotatable bonds is 5. The van der Waals surface area contributed by atoms with Crippen LogP contribution in [0.5, 0.6) is 5.75 Å². The van der Waals surface area contributed by atoms with Gasteiger partial charge in [-0.1, -0.05) is 35.9 Å². The summed E-state index contributed by atoms with van der Waals surface area (Å²) in [6, 6.07) is 12.2. The van der Waals surface area contributed by atoms with Gasteiger partial charge in [-0.05, 0) is 29.3 Å². The molecule has 0 saturated heterocycles. The lowest BCUT2D eigenvalue weighted by molar-refractivity contribution is -0.130. The van der Waals surface area contributed by atoms with Gasteiger partial charge < -0.3 is 19.3 Å². The zero-order chi connectivity index (χ0) is 18.5. The van der Waals surface area contributed by atoms with Crippen molar-refractivity contribution in [3.63, 3.8) is 0 Å². The number of carbonyl (C=O) groups is 1. The van der Waals surface area contributed by atoms with E-state index in [0.717, 1.165) is 0 Å². The molecule has 0 saturated carbocycles. The number of methoxy groups -OCH3 is 1. The number of carboxylic acids is 1. The molecule has 2 aromatic rings. The third kappa shape index (κ3) is 3.97. The van der Waals surface area contributed by atoms with Gasteiger partial charge in [-0.2, -0.15) is 0 Å². The third-order valence-corrected chi connectivity index (χ3v) is 3.92. The zero-order valence-electron chi connectivity index (χ0n) is 13.9. The minimum Gasteiger partial charge on any atom is -0.503 e. The summed E-state index contributed by atoms with van der Waals surface area (Å²) in [6.45, 7) is 0.332. The quantitative estimate of drug-likeness (QED) is 0.632. The Balaban J connectivity index is 1.81. The summed E-state index contributed by atoms with van der Waals surface area (Å²) in [4.78, 5) is 15.9. The molecular weight excluding hydrogens is 358 g/mol. The van der Waals surface area contributed by atoms with Crippen molar-refractivity contribution in [2.45, 2.75) is 6.61 Å². The number of benzene rings is 2. The Morgan fingerprint density at radius 2 is 2.15 bits per heavy atom. The molecule has 0 unspecified atom stereocenters. The average molecular weight is 374 g/mol. The SMILES string of the molecule is COC=C(C(=O)O)c1ccccc1COC1=Nc2cc(Cl)ccc2OC1. The van der Waals surface area contributed by atoms with Crippen LogP contribution in [0.15, 0.2) is 53.7 Å². The van der Waals surface area contributed by atoms with Crippen molar-refractivity contribution < 1.29 is 24.1 Å². The number of aliphatic imine (C=N–C) groups is 1. The van der Waals surface area contributed by atoms with Crippen molar-refractivity contribution in [1.82, 2.24) is 0 Å². The number of carboxylic acid groups (broad SMARTS) is 1. The molecule has 0 amide bonds. The molecule has 3 rings (SSSR count). The highest BCUT2D eigenvalue weighted by Gasteiger charge is 2.18. The Labute approximate surface area is 155 Å². The number of ether oxygens (including phenoxy) is 3. The van der Waals surface area contributed by atoms with E-state index in [4.69, 9.17) is 25.8 Å². The third-order valence-electron chi connectivity index (χ3n) is 3.69. The summed E-state index contributed by atoms with van der Waals surface area (Å²) in [5.74, 6) is -0.0540. The Morgan fingerprint density at radius 3 is 2.92 bits per heavy atom. The van der Waals surface area contributed by atoms with E-state index in [1.165, 1.54) is 13.4 Å². The van der Waals surface area contributed by atoms with E-state index in [-0.39, 0.29) is 18.8 Å². The van der Waals surface area contributed by atoms with Crippen LogP contribution in [0.3, 0.4) is 0 Å². The molecule has 1 N–H and O–H groups in total. The van der Waals surface area contributed by atoms with E-state index in [2.05, 4.69) is 4.99 Å². The average Bonchev–Trinajstić information content (AvgIpc) is 2.64. The number of aliphatic carboxylic acids is 1. The maximum atomic E-state index is 11.5. The number of fused-ring (bicyclic) bond motifs is 1. The number of hydrogen-bond acceptors (Lipinski definition) is 5. The van der Waals surface area contributed by atoms with Gasteiger partial charge in [0.1, 0.15) is 23.6 Å². The molecule has 0 aromatic heterocycles. The first-order valence-electron chi connectivity index (χ1n) is 7.75. The smallest absolute Gasteiger partial charge is 0.339 e. The second kappa shape index (κ2) is 7.93. The molecular formula is C19H16ClNO5. The molecule has 1 heterocycles. The van der Waals surface area contributed by atoms with E-state index in [0.29, 0.717) is 33.5 Å². The highest BCUT2D eigenvalue weighted by Crippen LogP contribution is 2.33. The summed E-state index contributed by atoms with van der Waals surface area (Å²) in [6.07, 6.45) is 1.20. The number of hydrogen-bond donors (Lipinski definition) is 1. The largest absolute Gasteiger partial charge is 0.503 e. The van der Waals surface area contributed by atoms with Gasteiger partial charge in [0.05, 0.1) is 13.4 Å².